The lowest BCUT2D eigenvalue weighted by atomic mass is 9.97. The van der Waals surface area contributed by atoms with Gasteiger partial charge in [0.2, 0.25) is 0 Å². The van der Waals surface area contributed by atoms with Crippen molar-refractivity contribution in [2.75, 3.05) is 30.4 Å². The van der Waals surface area contributed by atoms with Gasteiger partial charge >= 0.3 is 0 Å². The van der Waals surface area contributed by atoms with Gasteiger partial charge in [-0.1, -0.05) is 43.3 Å². The fraction of sp³-hybridized carbons (Fsp3) is 0.310. The molecule has 1 fully saturated rings. The topological polar surface area (TPSA) is 70.7 Å². The number of benzene rings is 3. The van der Waals surface area contributed by atoms with Gasteiger partial charge in [0.1, 0.15) is 5.75 Å². The summed E-state index contributed by atoms with van der Waals surface area (Å²) in [7, 11) is 1.57. The minimum atomic E-state index is -0.257. The van der Waals surface area contributed by atoms with E-state index in [9.17, 15) is 9.59 Å². The Morgan fingerprint density at radius 2 is 1.69 bits per heavy atom. The SMILES string of the molecule is COc1cccc(C(=O)Nc2ccc(N3CCC(C)CC3)c(C(=O)NC(C)c3ccccc3)c2)c1. The molecule has 3 aromatic rings. The van der Waals surface area contributed by atoms with Gasteiger partial charge < -0.3 is 20.3 Å². The van der Waals surface area contributed by atoms with Crippen molar-refractivity contribution in [3.63, 3.8) is 0 Å². The molecule has 6 heteroatoms. The Labute approximate surface area is 207 Å². The van der Waals surface area contributed by atoms with E-state index in [0.717, 1.165) is 37.2 Å². The first-order chi connectivity index (χ1) is 16.9. The highest BCUT2D eigenvalue weighted by Gasteiger charge is 2.23. The maximum atomic E-state index is 13.5. The average Bonchev–Trinajstić information content (AvgIpc) is 2.89. The maximum Gasteiger partial charge on any atom is 0.255 e. The second kappa shape index (κ2) is 11.1. The molecule has 0 radical (unpaired) electrons. The Morgan fingerprint density at radius 1 is 0.943 bits per heavy atom. The largest absolute Gasteiger partial charge is 0.497 e. The summed E-state index contributed by atoms with van der Waals surface area (Å²) in [5, 5.41) is 6.07. The third kappa shape index (κ3) is 6.01. The van der Waals surface area contributed by atoms with E-state index in [2.05, 4.69) is 22.5 Å². The minimum Gasteiger partial charge on any atom is -0.497 e. The second-order valence-electron chi connectivity index (χ2n) is 9.19. The van der Waals surface area contributed by atoms with E-state index >= 15 is 0 Å². The molecule has 182 valence electrons. The van der Waals surface area contributed by atoms with Crippen LogP contribution in [0.4, 0.5) is 11.4 Å². The standard InChI is InChI=1S/C29H33N3O3/c1-20-14-16-32(17-15-20)27-13-12-24(31-28(33)23-10-7-11-25(18-23)35-3)19-26(27)29(34)30-21(2)22-8-5-4-6-9-22/h4-13,18-21H,14-17H2,1-3H3,(H,30,34)(H,31,33). The molecule has 1 saturated heterocycles. The van der Waals surface area contributed by atoms with Crippen LogP contribution in [-0.4, -0.2) is 32.0 Å². The number of methoxy groups -OCH3 is 1. The summed E-state index contributed by atoms with van der Waals surface area (Å²) in [6.07, 6.45) is 2.19. The van der Waals surface area contributed by atoms with E-state index in [-0.39, 0.29) is 17.9 Å². The molecule has 3 aromatic carbocycles. The molecule has 35 heavy (non-hydrogen) atoms. The van der Waals surface area contributed by atoms with Crippen molar-refractivity contribution in [1.29, 1.82) is 0 Å². The van der Waals surface area contributed by atoms with Gasteiger partial charge in [-0.2, -0.15) is 0 Å². The predicted octanol–water partition coefficient (Wildman–Crippen LogP) is 5.67. The fourth-order valence-electron chi connectivity index (χ4n) is 4.39. The highest BCUT2D eigenvalue weighted by Crippen LogP contribution is 2.29. The monoisotopic (exact) mass is 471 g/mol. The summed E-state index contributed by atoms with van der Waals surface area (Å²) in [5.41, 5.74) is 3.56. The van der Waals surface area contributed by atoms with Gasteiger partial charge in [-0.15, -0.1) is 0 Å². The van der Waals surface area contributed by atoms with Gasteiger partial charge in [0.15, 0.2) is 0 Å². The number of hydrogen-bond acceptors (Lipinski definition) is 4. The zero-order chi connectivity index (χ0) is 24.8. The van der Waals surface area contributed by atoms with Crippen LogP contribution >= 0.6 is 0 Å². The smallest absolute Gasteiger partial charge is 0.255 e. The molecule has 0 saturated carbocycles. The van der Waals surface area contributed by atoms with Gasteiger partial charge in [0.25, 0.3) is 11.8 Å². The van der Waals surface area contributed by atoms with E-state index in [4.69, 9.17) is 4.74 Å². The second-order valence-corrected chi connectivity index (χ2v) is 9.19. The van der Waals surface area contributed by atoms with Crippen molar-refractivity contribution < 1.29 is 14.3 Å². The Bertz CT molecular complexity index is 1170. The first-order valence-corrected chi connectivity index (χ1v) is 12.1. The molecule has 1 unspecified atom stereocenters. The van der Waals surface area contributed by atoms with Crippen LogP contribution in [0.15, 0.2) is 72.8 Å². The third-order valence-electron chi connectivity index (χ3n) is 6.60. The van der Waals surface area contributed by atoms with Crippen LogP contribution in [0.3, 0.4) is 0 Å². The van der Waals surface area contributed by atoms with E-state index in [1.807, 2.05) is 49.4 Å². The summed E-state index contributed by atoms with van der Waals surface area (Å²) >= 11 is 0. The molecule has 1 aliphatic heterocycles. The molecule has 2 amide bonds. The summed E-state index contributed by atoms with van der Waals surface area (Å²) in [4.78, 5) is 28.6. The van der Waals surface area contributed by atoms with Crippen LogP contribution in [-0.2, 0) is 0 Å². The molecule has 1 atom stereocenters. The minimum absolute atomic E-state index is 0.145. The molecule has 0 aromatic heterocycles. The molecule has 0 bridgehead atoms. The number of hydrogen-bond donors (Lipinski definition) is 2. The van der Waals surface area contributed by atoms with Crippen molar-refractivity contribution in [3.8, 4) is 5.75 Å². The van der Waals surface area contributed by atoms with E-state index in [1.54, 1.807) is 37.4 Å². The van der Waals surface area contributed by atoms with Crippen molar-refractivity contribution in [3.05, 3.63) is 89.5 Å². The van der Waals surface area contributed by atoms with E-state index < -0.39 is 0 Å². The molecule has 4 rings (SSSR count). The lowest BCUT2D eigenvalue weighted by Gasteiger charge is -2.33. The number of anilines is 2. The highest BCUT2D eigenvalue weighted by molar-refractivity contribution is 6.06. The Morgan fingerprint density at radius 3 is 2.40 bits per heavy atom. The van der Waals surface area contributed by atoms with Gasteiger partial charge in [-0.25, -0.2) is 0 Å². The molecular formula is C29H33N3O3. The zero-order valence-corrected chi connectivity index (χ0v) is 20.6. The number of rotatable bonds is 7. The first-order valence-electron chi connectivity index (χ1n) is 12.1. The fourth-order valence-corrected chi connectivity index (χ4v) is 4.39. The number of amides is 2. The maximum absolute atomic E-state index is 13.5. The normalized spacial score (nSPS) is 14.8. The van der Waals surface area contributed by atoms with Crippen molar-refractivity contribution in [1.82, 2.24) is 5.32 Å². The average molecular weight is 472 g/mol. The van der Waals surface area contributed by atoms with E-state index in [1.165, 1.54) is 0 Å². The highest BCUT2D eigenvalue weighted by atomic mass is 16.5. The van der Waals surface area contributed by atoms with Crippen molar-refractivity contribution in [2.24, 2.45) is 5.92 Å². The molecule has 0 spiro atoms. The van der Waals surface area contributed by atoms with Crippen molar-refractivity contribution in [2.45, 2.75) is 32.7 Å². The third-order valence-corrected chi connectivity index (χ3v) is 6.60. The summed E-state index contributed by atoms with van der Waals surface area (Å²) in [6.45, 7) is 6.06. The number of nitrogens with zero attached hydrogens (tertiary/aromatic N) is 1. The number of carbonyl (C=O) groups excluding carboxylic acids is 2. The van der Waals surface area contributed by atoms with Gasteiger partial charge in [-0.3, -0.25) is 9.59 Å². The Kier molecular flexibility index (Phi) is 7.70. The zero-order valence-electron chi connectivity index (χ0n) is 20.6. The molecule has 6 nitrogen and oxygen atoms in total. The number of piperidine rings is 1. The van der Waals surface area contributed by atoms with Crippen LogP contribution in [0.5, 0.6) is 5.75 Å². The first kappa shape index (κ1) is 24.3. The Hall–Kier alpha value is -3.80. The molecule has 0 aliphatic carbocycles. The lowest BCUT2D eigenvalue weighted by Crippen LogP contribution is -2.35. The van der Waals surface area contributed by atoms with Crippen LogP contribution in [0, 0.1) is 5.92 Å². The quantitative estimate of drug-likeness (QED) is 0.465. The van der Waals surface area contributed by atoms with Crippen molar-refractivity contribution >= 4 is 23.2 Å². The summed E-state index contributed by atoms with van der Waals surface area (Å²) < 4.78 is 5.23. The summed E-state index contributed by atoms with van der Waals surface area (Å²) in [6, 6.07) is 22.3. The van der Waals surface area contributed by atoms with Crippen LogP contribution in [0.1, 0.15) is 59.0 Å². The molecule has 2 N–H and O–H groups in total. The van der Waals surface area contributed by atoms with E-state index in [0.29, 0.717) is 28.5 Å². The van der Waals surface area contributed by atoms with Crippen LogP contribution in [0.2, 0.25) is 0 Å². The number of nitrogens with one attached hydrogen (secondary N) is 2. The number of ether oxygens (including phenoxy) is 1. The Balaban J connectivity index is 1.60. The predicted molar refractivity (Wildman–Crippen MR) is 140 cm³/mol. The van der Waals surface area contributed by atoms with Crippen LogP contribution in [0.25, 0.3) is 0 Å². The molecular weight excluding hydrogens is 438 g/mol. The van der Waals surface area contributed by atoms with Gasteiger partial charge in [0.05, 0.1) is 18.7 Å². The van der Waals surface area contributed by atoms with Gasteiger partial charge in [0, 0.05) is 30.0 Å². The van der Waals surface area contributed by atoms with Crippen LogP contribution < -0.4 is 20.3 Å². The number of carbonyl (C=O) groups is 2. The summed E-state index contributed by atoms with van der Waals surface area (Å²) in [5.74, 6) is 0.880. The molecule has 1 aliphatic rings. The van der Waals surface area contributed by atoms with Gasteiger partial charge in [-0.05, 0) is 67.6 Å². The molecule has 1 heterocycles. The lowest BCUT2D eigenvalue weighted by molar-refractivity contribution is 0.0939.